The average molecular weight is 553 g/mol. The monoisotopic (exact) mass is 552 g/mol. The van der Waals surface area contributed by atoms with E-state index in [1.54, 1.807) is 18.5 Å². The van der Waals surface area contributed by atoms with Crippen molar-refractivity contribution >= 4 is 28.3 Å². The molecule has 3 N–H and O–H groups in total. The van der Waals surface area contributed by atoms with Crippen LogP contribution in [0, 0.1) is 30.0 Å². The van der Waals surface area contributed by atoms with Gasteiger partial charge in [-0.25, -0.2) is 19.3 Å². The molecule has 1 spiro atoms. The van der Waals surface area contributed by atoms with E-state index >= 15 is 4.39 Å². The number of benzene rings is 2. The molecule has 41 heavy (non-hydrogen) atoms. The van der Waals surface area contributed by atoms with Gasteiger partial charge in [-0.1, -0.05) is 19.1 Å². The second kappa shape index (κ2) is 10.1. The van der Waals surface area contributed by atoms with E-state index < -0.39 is 5.82 Å². The van der Waals surface area contributed by atoms with Gasteiger partial charge in [0.25, 0.3) is 0 Å². The number of carbonyl (C=O) groups excluding carboxylic acids is 1. The molecule has 210 valence electrons. The first kappa shape index (κ1) is 25.8. The van der Waals surface area contributed by atoms with Crippen molar-refractivity contribution in [2.24, 2.45) is 17.3 Å². The number of fused-ring (bicyclic) bond motifs is 1. The Bertz CT molecular complexity index is 1660. The van der Waals surface area contributed by atoms with Crippen LogP contribution in [0.25, 0.3) is 22.0 Å². The molecule has 3 atom stereocenters. The highest BCUT2D eigenvalue weighted by molar-refractivity contribution is 6.06. The molecule has 3 aliphatic rings. The normalized spacial score (nSPS) is 22.4. The largest absolute Gasteiger partial charge is 0.437 e. The summed E-state index contributed by atoms with van der Waals surface area (Å²) in [4.78, 5) is 26.7. The number of nitrogens with zero attached hydrogens (tertiary/aromatic N) is 3. The van der Waals surface area contributed by atoms with Crippen molar-refractivity contribution in [2.75, 3.05) is 23.7 Å². The first-order valence-electron chi connectivity index (χ1n) is 14.4. The number of halogens is 1. The van der Waals surface area contributed by atoms with Crippen molar-refractivity contribution in [3.8, 4) is 22.9 Å². The van der Waals surface area contributed by atoms with Gasteiger partial charge in [-0.15, -0.1) is 0 Å². The summed E-state index contributed by atoms with van der Waals surface area (Å²) in [5.74, 6) is 1.49. The van der Waals surface area contributed by atoms with Crippen LogP contribution in [-0.4, -0.2) is 40.0 Å². The van der Waals surface area contributed by atoms with Gasteiger partial charge in [-0.05, 0) is 86.4 Å². The van der Waals surface area contributed by atoms with E-state index in [0.29, 0.717) is 45.5 Å². The zero-order chi connectivity index (χ0) is 28.1. The number of amides is 1. The average Bonchev–Trinajstić information content (AvgIpc) is 3.90. The lowest BCUT2D eigenvalue weighted by molar-refractivity contribution is -0.117. The minimum atomic E-state index is -0.465. The van der Waals surface area contributed by atoms with Gasteiger partial charge in [0.2, 0.25) is 17.7 Å². The zero-order valence-corrected chi connectivity index (χ0v) is 23.2. The van der Waals surface area contributed by atoms with Gasteiger partial charge in [0, 0.05) is 41.7 Å². The van der Waals surface area contributed by atoms with Gasteiger partial charge < -0.3 is 20.7 Å². The van der Waals surface area contributed by atoms with Crippen molar-refractivity contribution in [2.45, 2.75) is 45.6 Å². The van der Waals surface area contributed by atoms with Crippen molar-refractivity contribution < 1.29 is 13.9 Å². The Kier molecular flexibility index (Phi) is 6.34. The molecular formula is C32H33FN6O2. The summed E-state index contributed by atoms with van der Waals surface area (Å²) >= 11 is 0. The van der Waals surface area contributed by atoms with Crippen LogP contribution < -0.4 is 20.7 Å². The molecule has 1 aliphatic heterocycles. The van der Waals surface area contributed by atoms with Gasteiger partial charge in [0.15, 0.2) is 0 Å². The first-order valence-corrected chi connectivity index (χ1v) is 14.4. The van der Waals surface area contributed by atoms with E-state index in [1.807, 2.05) is 37.3 Å². The smallest absolute Gasteiger partial charge is 0.228 e. The Morgan fingerprint density at radius 1 is 1.07 bits per heavy atom. The quantitative estimate of drug-likeness (QED) is 0.255. The molecule has 4 aromatic rings. The van der Waals surface area contributed by atoms with Crippen molar-refractivity contribution in [1.82, 2.24) is 20.3 Å². The third-order valence-electron chi connectivity index (χ3n) is 8.75. The summed E-state index contributed by atoms with van der Waals surface area (Å²) in [6.07, 6.45) is 7.53. The second-order valence-corrected chi connectivity index (χ2v) is 11.9. The fourth-order valence-corrected chi connectivity index (χ4v) is 6.16. The van der Waals surface area contributed by atoms with Crippen LogP contribution in [0.5, 0.6) is 11.6 Å². The number of carbonyl (C=O) groups is 1. The number of piperidine rings is 1. The molecule has 9 heteroatoms. The highest BCUT2D eigenvalue weighted by Gasteiger charge is 2.65. The number of ether oxygens (including phenoxy) is 1. The fraction of sp³-hybridized carbons (Fsp3) is 0.375. The van der Waals surface area contributed by atoms with Gasteiger partial charge >= 0.3 is 0 Å². The highest BCUT2D eigenvalue weighted by atomic mass is 19.1. The lowest BCUT2D eigenvalue weighted by atomic mass is 9.98. The van der Waals surface area contributed by atoms with Gasteiger partial charge in [-0.2, -0.15) is 0 Å². The van der Waals surface area contributed by atoms with Gasteiger partial charge in [0.05, 0.1) is 16.9 Å². The molecule has 0 unspecified atom stereocenters. The topological polar surface area (TPSA) is 101 Å². The molecule has 0 radical (unpaired) electrons. The number of nitrogens with one attached hydrogen (secondary N) is 3. The minimum absolute atomic E-state index is 0.0144. The molecule has 2 saturated carbocycles. The lowest BCUT2D eigenvalue weighted by Crippen LogP contribution is -2.42. The van der Waals surface area contributed by atoms with E-state index in [2.05, 4.69) is 32.8 Å². The number of aromatic nitrogens is 3. The molecule has 3 fully saturated rings. The molecule has 3 heterocycles. The molecular weight excluding hydrogens is 519 g/mol. The van der Waals surface area contributed by atoms with Crippen molar-refractivity contribution in [3.63, 3.8) is 0 Å². The van der Waals surface area contributed by atoms with E-state index in [1.165, 1.54) is 6.07 Å². The van der Waals surface area contributed by atoms with Crippen LogP contribution in [-0.2, 0) is 4.79 Å². The molecule has 2 aliphatic carbocycles. The molecule has 7 rings (SSSR count). The van der Waals surface area contributed by atoms with Crippen LogP contribution >= 0.6 is 0 Å². The number of rotatable bonds is 7. The summed E-state index contributed by atoms with van der Waals surface area (Å²) in [5, 5.41) is 11.1. The summed E-state index contributed by atoms with van der Waals surface area (Å²) in [6.45, 7) is 6.05. The van der Waals surface area contributed by atoms with E-state index in [0.717, 1.165) is 44.3 Å². The Morgan fingerprint density at radius 2 is 1.93 bits per heavy atom. The first-order chi connectivity index (χ1) is 19.9. The summed E-state index contributed by atoms with van der Waals surface area (Å²) in [6, 6.07) is 12.6. The third kappa shape index (κ3) is 4.99. The molecule has 2 aromatic heterocycles. The predicted molar refractivity (Wildman–Crippen MR) is 156 cm³/mol. The number of aryl methyl sites for hydroxylation is 1. The second-order valence-electron chi connectivity index (χ2n) is 11.9. The predicted octanol–water partition coefficient (Wildman–Crippen LogP) is 6.08. The maximum atomic E-state index is 15.1. The van der Waals surface area contributed by atoms with Crippen molar-refractivity contribution in [3.05, 3.63) is 66.2 Å². The SMILES string of the molecule is Cc1ccc2c(NC(=O)[C@@H]3CC34CC4)c(F)ccc2c1Oc1ncccc1-c1ccnc(N[C@@H]2CNC[C@H](C)C2)n1. The third-order valence-corrected chi connectivity index (χ3v) is 8.75. The maximum Gasteiger partial charge on any atom is 0.228 e. The summed E-state index contributed by atoms with van der Waals surface area (Å²) in [7, 11) is 0. The van der Waals surface area contributed by atoms with E-state index in [9.17, 15) is 4.79 Å². The highest BCUT2D eigenvalue weighted by Crippen LogP contribution is 2.70. The van der Waals surface area contributed by atoms with Crippen LogP contribution in [0.1, 0.15) is 38.2 Å². The van der Waals surface area contributed by atoms with Crippen LogP contribution in [0.3, 0.4) is 0 Å². The number of hydrogen-bond donors (Lipinski definition) is 3. The Hall–Kier alpha value is -4.11. The zero-order valence-electron chi connectivity index (χ0n) is 23.2. The standard InChI is InChI=1S/C32H33FN6O2/c1-18-14-20(17-34-16-18)37-31-36-13-9-26(38-31)23-4-3-12-35-30(23)41-28-19(2)5-6-21-22(28)7-8-25(33)27(21)39-29(40)24-15-32(24)10-11-32/h3-9,12-13,18,20,24,34H,10-11,14-17H2,1-2H3,(H,39,40)(H,36,37,38)/t18-,20+,24+/m1/s1. The minimum Gasteiger partial charge on any atom is -0.437 e. The van der Waals surface area contributed by atoms with E-state index in [-0.39, 0.29) is 29.0 Å². The van der Waals surface area contributed by atoms with Gasteiger partial charge in [-0.3, -0.25) is 4.79 Å². The Balaban J connectivity index is 1.19. The molecule has 2 aromatic carbocycles. The molecule has 1 amide bonds. The number of pyridine rings is 1. The van der Waals surface area contributed by atoms with Gasteiger partial charge in [0.1, 0.15) is 11.6 Å². The molecule has 8 nitrogen and oxygen atoms in total. The molecule has 0 bridgehead atoms. The Labute approximate surface area is 238 Å². The summed E-state index contributed by atoms with van der Waals surface area (Å²) < 4.78 is 21.5. The van der Waals surface area contributed by atoms with Crippen molar-refractivity contribution in [1.29, 1.82) is 0 Å². The summed E-state index contributed by atoms with van der Waals surface area (Å²) in [5.41, 5.74) is 2.63. The van der Waals surface area contributed by atoms with Crippen LogP contribution in [0.2, 0.25) is 0 Å². The maximum absolute atomic E-state index is 15.1. The van der Waals surface area contributed by atoms with E-state index in [4.69, 9.17) is 9.72 Å². The lowest BCUT2D eigenvalue weighted by Gasteiger charge is -2.28. The Morgan fingerprint density at radius 3 is 2.73 bits per heavy atom. The molecule has 1 saturated heterocycles. The van der Waals surface area contributed by atoms with Crippen LogP contribution in [0.4, 0.5) is 16.0 Å². The number of anilines is 2. The number of hydrogen-bond acceptors (Lipinski definition) is 7. The van der Waals surface area contributed by atoms with Crippen LogP contribution in [0.15, 0.2) is 54.9 Å². The fourth-order valence-electron chi connectivity index (χ4n) is 6.16.